The van der Waals surface area contributed by atoms with Gasteiger partial charge in [0.15, 0.2) is 0 Å². The third-order valence-corrected chi connectivity index (χ3v) is 5.39. The number of hydrogen-bond acceptors (Lipinski definition) is 3. The average Bonchev–Trinajstić information content (AvgIpc) is 1.66. The van der Waals surface area contributed by atoms with E-state index < -0.39 is 12.3 Å². The Balaban J connectivity index is 4.30. The Hall–Kier alpha value is 0.890. The van der Waals surface area contributed by atoms with Crippen molar-refractivity contribution in [1.82, 2.24) is 0 Å². The van der Waals surface area contributed by atoms with Crippen molar-refractivity contribution in [2.45, 2.75) is 19.5 Å². The molecule has 0 radical (unpaired) electrons. The molecular weight excluding hydrogens is 186 g/mol. The van der Waals surface area contributed by atoms with Crippen molar-refractivity contribution in [3.63, 3.8) is 0 Å². The van der Waals surface area contributed by atoms with Crippen LogP contribution in [-0.2, 0) is 4.08 Å². The van der Waals surface area contributed by atoms with Gasteiger partial charge in [-0.3, -0.25) is 0 Å². The van der Waals surface area contributed by atoms with Crippen LogP contribution < -0.4 is 0 Å². The molecule has 0 aromatic heterocycles. The van der Waals surface area contributed by atoms with E-state index in [0.717, 1.165) is 0 Å². The van der Waals surface area contributed by atoms with E-state index in [0.29, 0.717) is 0 Å². The van der Waals surface area contributed by atoms with Crippen LogP contribution in [0.5, 0.6) is 0 Å². The fraction of sp³-hybridized carbons (Fsp3) is 1.00. The molecule has 0 rings (SSSR count). The molecule has 0 saturated heterocycles. The molecule has 0 saturated carbocycles. The Bertz CT molecular complexity index is 107. The molecular formula is C3H9Cl2O3P. The topological polar surface area (TPSA) is 49.7 Å². The first-order chi connectivity index (χ1) is 3.78. The Morgan fingerprint density at radius 3 is 1.78 bits per heavy atom. The standard InChI is InChI=1S/C3H9Cl2O3P/c1-3(2)9(5,6,7)8-4/h3,6-7H,1-2H3. The van der Waals surface area contributed by atoms with Gasteiger partial charge in [0.05, 0.1) is 0 Å². The van der Waals surface area contributed by atoms with Gasteiger partial charge in [-0.1, -0.05) is 0 Å². The third kappa shape index (κ3) is 2.54. The van der Waals surface area contributed by atoms with Gasteiger partial charge in [0.25, 0.3) is 0 Å². The zero-order valence-electron chi connectivity index (χ0n) is 5.08. The first-order valence-electron chi connectivity index (χ1n) is 2.32. The fourth-order valence-corrected chi connectivity index (χ4v) is 0.717. The Labute approximate surface area is 63.7 Å². The van der Waals surface area contributed by atoms with Gasteiger partial charge < -0.3 is 0 Å². The molecule has 0 fully saturated rings. The molecule has 0 aliphatic carbocycles. The fourth-order valence-electron chi connectivity index (χ4n) is 0.0797. The van der Waals surface area contributed by atoms with E-state index in [1.54, 1.807) is 0 Å². The van der Waals surface area contributed by atoms with E-state index in [2.05, 4.69) is 4.08 Å². The van der Waals surface area contributed by atoms with E-state index in [4.69, 9.17) is 32.9 Å². The van der Waals surface area contributed by atoms with Crippen molar-refractivity contribution >= 4 is 29.7 Å². The summed E-state index contributed by atoms with van der Waals surface area (Å²) in [5.74, 6) is 0. The van der Waals surface area contributed by atoms with E-state index >= 15 is 0 Å². The number of rotatable bonds is 2. The van der Waals surface area contributed by atoms with Gasteiger partial charge >= 0.3 is 63.1 Å². The molecule has 0 unspecified atom stereocenters. The summed E-state index contributed by atoms with van der Waals surface area (Å²) in [6.07, 6.45) is 0. The first kappa shape index (κ1) is 9.89. The van der Waals surface area contributed by atoms with Crippen molar-refractivity contribution in [3.8, 4) is 0 Å². The van der Waals surface area contributed by atoms with Gasteiger partial charge in [-0.05, 0) is 0 Å². The molecule has 0 atom stereocenters. The molecule has 2 N–H and O–H groups in total. The summed E-state index contributed by atoms with van der Waals surface area (Å²) in [5, 5.41) is 0. The molecule has 0 aliphatic rings. The Morgan fingerprint density at radius 1 is 1.44 bits per heavy atom. The minimum absolute atomic E-state index is 0.588. The average molecular weight is 195 g/mol. The van der Waals surface area contributed by atoms with Gasteiger partial charge in [0, 0.05) is 0 Å². The molecule has 0 bridgehead atoms. The number of halogens is 2. The summed E-state index contributed by atoms with van der Waals surface area (Å²) in [6, 6.07) is 0. The van der Waals surface area contributed by atoms with Crippen molar-refractivity contribution in [2.24, 2.45) is 0 Å². The second kappa shape index (κ2) is 2.50. The predicted octanol–water partition coefficient (Wildman–Crippen LogP) is 2.00. The summed E-state index contributed by atoms with van der Waals surface area (Å²) in [7, 11) is 0. The van der Waals surface area contributed by atoms with Crippen LogP contribution in [0.25, 0.3) is 0 Å². The van der Waals surface area contributed by atoms with Gasteiger partial charge in [-0.25, -0.2) is 0 Å². The van der Waals surface area contributed by atoms with E-state index in [-0.39, 0.29) is 0 Å². The van der Waals surface area contributed by atoms with Crippen LogP contribution in [0.15, 0.2) is 0 Å². The maximum absolute atomic E-state index is 8.96. The van der Waals surface area contributed by atoms with E-state index in [1.807, 2.05) is 0 Å². The molecule has 6 heteroatoms. The second-order valence-corrected chi connectivity index (χ2v) is 7.37. The van der Waals surface area contributed by atoms with E-state index in [9.17, 15) is 0 Å². The first-order valence-corrected chi connectivity index (χ1v) is 5.66. The van der Waals surface area contributed by atoms with Crippen molar-refractivity contribution in [1.29, 1.82) is 0 Å². The quantitative estimate of drug-likeness (QED) is 0.662. The molecule has 0 spiro atoms. The zero-order valence-corrected chi connectivity index (χ0v) is 7.49. The van der Waals surface area contributed by atoms with Crippen LogP contribution in [0.1, 0.15) is 13.8 Å². The van der Waals surface area contributed by atoms with Crippen LogP contribution in [0, 0.1) is 0 Å². The SMILES string of the molecule is CC(C)P(O)(O)(Cl)OCl. The third-order valence-electron chi connectivity index (χ3n) is 0.996. The zero-order chi connectivity index (χ0) is 7.73. The van der Waals surface area contributed by atoms with Crippen LogP contribution in [0.3, 0.4) is 0 Å². The molecule has 0 aromatic rings. The molecule has 58 valence electrons. The normalized spacial score (nSPS) is 17.4. The maximum atomic E-state index is 8.96. The van der Waals surface area contributed by atoms with Crippen LogP contribution in [0.2, 0.25) is 0 Å². The molecule has 9 heavy (non-hydrogen) atoms. The van der Waals surface area contributed by atoms with Crippen LogP contribution >= 0.6 is 29.7 Å². The Morgan fingerprint density at radius 2 is 1.78 bits per heavy atom. The van der Waals surface area contributed by atoms with Crippen molar-refractivity contribution < 1.29 is 13.9 Å². The predicted molar refractivity (Wildman–Crippen MR) is 39.3 cm³/mol. The molecule has 0 aliphatic heterocycles. The van der Waals surface area contributed by atoms with Crippen molar-refractivity contribution in [2.75, 3.05) is 0 Å². The molecule has 0 aromatic carbocycles. The molecule has 0 amide bonds. The number of hydrogen-bond donors (Lipinski definition) is 2. The minimum atomic E-state index is -4.47. The summed E-state index contributed by atoms with van der Waals surface area (Å²) < 4.78 is 3.87. The van der Waals surface area contributed by atoms with Crippen LogP contribution in [0.4, 0.5) is 0 Å². The van der Waals surface area contributed by atoms with E-state index in [1.165, 1.54) is 13.8 Å². The second-order valence-electron chi connectivity index (χ2n) is 2.07. The van der Waals surface area contributed by atoms with Gasteiger partial charge in [0.2, 0.25) is 0 Å². The molecule has 0 heterocycles. The van der Waals surface area contributed by atoms with Gasteiger partial charge in [-0.15, -0.1) is 0 Å². The van der Waals surface area contributed by atoms with Gasteiger partial charge in [-0.2, -0.15) is 0 Å². The van der Waals surface area contributed by atoms with Crippen LogP contribution in [-0.4, -0.2) is 15.4 Å². The summed E-state index contributed by atoms with van der Waals surface area (Å²) in [5.41, 5.74) is -0.588. The summed E-state index contributed by atoms with van der Waals surface area (Å²) >= 11 is 9.95. The van der Waals surface area contributed by atoms with Crippen molar-refractivity contribution in [3.05, 3.63) is 0 Å². The molecule has 3 nitrogen and oxygen atoms in total. The Kier molecular flexibility index (Phi) is 2.74. The summed E-state index contributed by atoms with van der Waals surface area (Å²) in [6.45, 7) is -1.46. The van der Waals surface area contributed by atoms with Gasteiger partial charge in [0.1, 0.15) is 0 Å². The summed E-state index contributed by atoms with van der Waals surface area (Å²) in [4.78, 5) is 17.9. The monoisotopic (exact) mass is 194 g/mol.